The highest BCUT2D eigenvalue weighted by Crippen LogP contribution is 2.17. The summed E-state index contributed by atoms with van der Waals surface area (Å²) in [4.78, 5) is 8.82. The number of aromatic nitrogens is 2. The molecule has 0 spiro atoms. The predicted octanol–water partition coefficient (Wildman–Crippen LogP) is 7.79. The topological polar surface area (TPSA) is 90.8 Å². The normalized spacial score (nSPS) is 12.2. The fourth-order valence-corrected chi connectivity index (χ4v) is 4.01. The maximum atomic E-state index is 10.7. The molecule has 2 aromatic carbocycles. The molecule has 0 bridgehead atoms. The van der Waals surface area contributed by atoms with Crippen molar-refractivity contribution in [2.75, 3.05) is 13.2 Å². The Labute approximate surface area is 244 Å². The van der Waals surface area contributed by atoms with Crippen LogP contribution in [0.1, 0.15) is 54.1 Å². The van der Waals surface area contributed by atoms with Crippen molar-refractivity contribution >= 4 is 56.2 Å². The van der Waals surface area contributed by atoms with Crippen LogP contribution >= 0.6 is 31.9 Å². The monoisotopic (exact) mass is 656 g/mol. The molecule has 0 saturated heterocycles. The van der Waals surface area contributed by atoms with Crippen LogP contribution in [0.25, 0.3) is 24.3 Å². The molecule has 0 saturated carbocycles. The van der Waals surface area contributed by atoms with Gasteiger partial charge in [-0.2, -0.15) is 0 Å². The molecule has 4 aromatic rings. The van der Waals surface area contributed by atoms with Crippen LogP contribution in [0.2, 0.25) is 0 Å². The number of nitrogens with zero attached hydrogens (tertiary/aromatic N) is 2. The summed E-state index contributed by atoms with van der Waals surface area (Å²) < 4.78 is 24.4. The maximum absolute atomic E-state index is 10.7. The summed E-state index contributed by atoms with van der Waals surface area (Å²) in [6.45, 7) is 3.18. The highest BCUT2D eigenvalue weighted by atomic mass is 79.9. The molecule has 0 aliphatic rings. The number of hydrogen-bond donors (Lipinski definition) is 1. The molecule has 0 aliphatic carbocycles. The lowest BCUT2D eigenvalue weighted by atomic mass is 9.99. The molecular formula is C30H30Br2N2O5. The summed E-state index contributed by atoms with van der Waals surface area (Å²) in [7, 11) is 0. The lowest BCUT2D eigenvalue weighted by molar-refractivity contribution is -0.0193. The number of oxazole rings is 2. The van der Waals surface area contributed by atoms with Gasteiger partial charge in [0.1, 0.15) is 23.9 Å². The van der Waals surface area contributed by atoms with E-state index < -0.39 is 5.60 Å². The highest BCUT2D eigenvalue weighted by molar-refractivity contribution is 9.10. The largest absolute Gasteiger partial charge is 0.445 e. The zero-order valence-corrected chi connectivity index (χ0v) is 24.7. The lowest BCUT2D eigenvalue weighted by Crippen LogP contribution is -2.28. The molecule has 2 aromatic heterocycles. The zero-order chi connectivity index (χ0) is 27.5. The molecule has 9 heteroatoms. The first-order valence-corrected chi connectivity index (χ1v) is 14.1. The third-order valence-electron chi connectivity index (χ3n) is 5.79. The Balaban J connectivity index is 1.10. The third kappa shape index (κ3) is 10.3. The molecule has 2 heterocycles. The van der Waals surface area contributed by atoms with E-state index >= 15 is 0 Å². The van der Waals surface area contributed by atoms with Crippen LogP contribution in [0, 0.1) is 0 Å². The summed E-state index contributed by atoms with van der Waals surface area (Å²) in [5, 5.41) is 10.7. The van der Waals surface area contributed by atoms with Gasteiger partial charge < -0.3 is 23.4 Å². The Hall–Kier alpha value is -2.82. The van der Waals surface area contributed by atoms with Crippen LogP contribution in [0.15, 0.2) is 78.8 Å². The van der Waals surface area contributed by atoms with E-state index in [1.54, 1.807) is 19.5 Å². The zero-order valence-electron chi connectivity index (χ0n) is 21.6. The van der Waals surface area contributed by atoms with Gasteiger partial charge in [0.25, 0.3) is 0 Å². The molecule has 204 valence electrons. The Morgan fingerprint density at radius 1 is 0.718 bits per heavy atom. The molecule has 0 radical (unpaired) electrons. The summed E-state index contributed by atoms with van der Waals surface area (Å²) >= 11 is 6.85. The number of rotatable bonds is 14. The first-order chi connectivity index (χ1) is 18.8. The minimum Gasteiger partial charge on any atom is -0.445 e. The van der Waals surface area contributed by atoms with Crippen LogP contribution in [-0.4, -0.2) is 33.9 Å². The van der Waals surface area contributed by atoms with E-state index in [1.807, 2.05) is 72.8 Å². The molecule has 4 rings (SSSR count). The van der Waals surface area contributed by atoms with Crippen molar-refractivity contribution < 1.29 is 23.4 Å². The van der Waals surface area contributed by atoms with Gasteiger partial charge in [0, 0.05) is 34.3 Å². The Morgan fingerprint density at radius 2 is 1.13 bits per heavy atom. The molecule has 0 aliphatic heterocycles. The average molecular weight is 658 g/mol. The fraction of sp³-hybridized carbons (Fsp3) is 0.267. The first-order valence-electron chi connectivity index (χ1n) is 12.5. The molecule has 39 heavy (non-hydrogen) atoms. The average Bonchev–Trinajstić information content (AvgIpc) is 3.58. The molecule has 0 atom stereocenters. The van der Waals surface area contributed by atoms with E-state index in [9.17, 15) is 5.11 Å². The summed E-state index contributed by atoms with van der Waals surface area (Å²) in [6, 6.07) is 15.9. The standard InChI is InChI=1S/C30H30Br2N2O5/c1-30(35,14-16-36-18-26-20-38-28(33-26)12-6-22-2-8-24(31)9-3-22)15-17-37-19-27-21-39-29(34-27)13-7-23-4-10-25(32)11-5-23/h2-13,20-21,35H,14-19H2,1H3/b12-6+,13-7+. The third-order valence-corrected chi connectivity index (χ3v) is 6.84. The number of halogens is 2. The predicted molar refractivity (Wildman–Crippen MR) is 158 cm³/mol. The van der Waals surface area contributed by atoms with Crippen LogP contribution in [0.5, 0.6) is 0 Å². The molecule has 7 nitrogen and oxygen atoms in total. The van der Waals surface area contributed by atoms with Crippen LogP contribution in [0.3, 0.4) is 0 Å². The second-order valence-electron chi connectivity index (χ2n) is 9.23. The van der Waals surface area contributed by atoms with Crippen LogP contribution < -0.4 is 0 Å². The quantitative estimate of drug-likeness (QED) is 0.138. The van der Waals surface area contributed by atoms with Crippen molar-refractivity contribution in [2.24, 2.45) is 0 Å². The fourth-order valence-electron chi connectivity index (χ4n) is 3.48. The number of hydrogen-bond acceptors (Lipinski definition) is 7. The lowest BCUT2D eigenvalue weighted by Gasteiger charge is -2.22. The van der Waals surface area contributed by atoms with E-state index in [1.165, 1.54) is 0 Å². The SMILES string of the molecule is CC(O)(CCOCc1coc(/C=C/c2ccc(Br)cc2)n1)CCOCc1coc(/C=C/c2ccc(Br)cc2)n1. The second-order valence-corrected chi connectivity index (χ2v) is 11.1. The smallest absolute Gasteiger partial charge is 0.218 e. The van der Waals surface area contributed by atoms with Crippen molar-refractivity contribution in [3.63, 3.8) is 0 Å². The van der Waals surface area contributed by atoms with Crippen molar-refractivity contribution in [1.29, 1.82) is 0 Å². The summed E-state index contributed by atoms with van der Waals surface area (Å²) in [5.41, 5.74) is 2.59. The van der Waals surface area contributed by atoms with Gasteiger partial charge in [-0.3, -0.25) is 0 Å². The molecular weight excluding hydrogens is 628 g/mol. The minimum absolute atomic E-state index is 0.312. The highest BCUT2D eigenvalue weighted by Gasteiger charge is 2.20. The van der Waals surface area contributed by atoms with Crippen LogP contribution in [0.4, 0.5) is 0 Å². The Bertz CT molecular complexity index is 1260. The van der Waals surface area contributed by atoms with E-state index in [0.717, 1.165) is 20.1 Å². The van der Waals surface area contributed by atoms with Crippen molar-refractivity contribution in [3.05, 3.63) is 104 Å². The number of aliphatic hydroxyl groups is 1. The number of benzene rings is 2. The van der Waals surface area contributed by atoms with E-state index in [-0.39, 0.29) is 0 Å². The van der Waals surface area contributed by atoms with E-state index in [4.69, 9.17) is 18.3 Å². The van der Waals surface area contributed by atoms with Crippen LogP contribution in [-0.2, 0) is 22.7 Å². The Kier molecular flexibility index (Phi) is 10.9. The van der Waals surface area contributed by atoms with Gasteiger partial charge in [-0.1, -0.05) is 56.1 Å². The van der Waals surface area contributed by atoms with Crippen molar-refractivity contribution in [3.8, 4) is 0 Å². The van der Waals surface area contributed by atoms with Gasteiger partial charge in [-0.15, -0.1) is 0 Å². The Morgan fingerprint density at radius 3 is 1.54 bits per heavy atom. The van der Waals surface area contributed by atoms with Gasteiger partial charge in [-0.05, 0) is 67.3 Å². The summed E-state index contributed by atoms with van der Waals surface area (Å²) in [6.07, 6.45) is 11.6. The number of ether oxygens (including phenoxy) is 2. The van der Waals surface area contributed by atoms with Gasteiger partial charge in [0.15, 0.2) is 0 Å². The van der Waals surface area contributed by atoms with E-state index in [2.05, 4.69) is 41.8 Å². The summed E-state index contributed by atoms with van der Waals surface area (Å²) in [5.74, 6) is 1.03. The van der Waals surface area contributed by atoms with Gasteiger partial charge in [-0.25, -0.2) is 9.97 Å². The first kappa shape index (κ1) is 29.2. The maximum Gasteiger partial charge on any atom is 0.218 e. The molecule has 0 unspecified atom stereocenters. The van der Waals surface area contributed by atoms with E-state index in [0.29, 0.717) is 62.4 Å². The molecule has 0 fully saturated rings. The second kappa shape index (κ2) is 14.5. The van der Waals surface area contributed by atoms with Crippen molar-refractivity contribution in [1.82, 2.24) is 9.97 Å². The molecule has 1 N–H and O–H groups in total. The van der Waals surface area contributed by atoms with Crippen molar-refractivity contribution in [2.45, 2.75) is 38.6 Å². The van der Waals surface area contributed by atoms with Gasteiger partial charge in [0.2, 0.25) is 11.8 Å². The minimum atomic E-state index is -0.912. The molecule has 0 amide bonds. The van der Waals surface area contributed by atoms with Gasteiger partial charge >= 0.3 is 0 Å². The van der Waals surface area contributed by atoms with Gasteiger partial charge in [0.05, 0.1) is 18.8 Å².